The Kier molecular flexibility index (Phi) is 10.2. The quantitative estimate of drug-likeness (QED) is 0.556. The summed E-state index contributed by atoms with van der Waals surface area (Å²) in [4.78, 5) is 0. The van der Waals surface area contributed by atoms with Crippen molar-refractivity contribution < 1.29 is 5.11 Å². The highest BCUT2D eigenvalue weighted by Gasteiger charge is 1.97. The molecule has 1 atom stereocenters. The Morgan fingerprint density at radius 1 is 1.00 bits per heavy atom. The normalized spacial score (nSPS) is 14.2. The Balaban J connectivity index is 3.99. The van der Waals surface area contributed by atoms with Gasteiger partial charge in [0.15, 0.2) is 0 Å². The summed E-state index contributed by atoms with van der Waals surface area (Å²) in [6.45, 7) is 12.2. The average Bonchev–Trinajstić information content (AvgIpc) is 2.28. The molecule has 0 unspecified atom stereocenters. The van der Waals surface area contributed by atoms with Gasteiger partial charge in [0.1, 0.15) is 0 Å². The summed E-state index contributed by atoms with van der Waals surface area (Å²) in [7, 11) is 0. The lowest BCUT2D eigenvalue weighted by Gasteiger charge is -2.05. The maximum Gasteiger partial charge on any atom is 0.0757 e. The Morgan fingerprint density at radius 3 is 2.16 bits per heavy atom. The standard InChI is InChI=1S/C18H30O/c1-6-9-18(19)14-17(5)13-8-12-16(4)11-7-10-15(2)3/h6,10,12,14,18-19H,1,7-9,11,13H2,2-5H3/b16-12+,17-14+/t18-/m1/s1. The predicted octanol–water partition coefficient (Wildman–Crippen LogP) is 5.34. The van der Waals surface area contributed by atoms with Gasteiger partial charge in [-0.25, -0.2) is 0 Å². The van der Waals surface area contributed by atoms with Gasteiger partial charge in [0, 0.05) is 0 Å². The van der Waals surface area contributed by atoms with Gasteiger partial charge >= 0.3 is 0 Å². The lowest BCUT2D eigenvalue weighted by molar-refractivity contribution is 0.226. The molecule has 0 aromatic rings. The number of allylic oxidation sites excluding steroid dienone is 5. The molecule has 0 aliphatic heterocycles. The van der Waals surface area contributed by atoms with Crippen molar-refractivity contribution >= 4 is 0 Å². The Labute approximate surface area is 119 Å². The van der Waals surface area contributed by atoms with Gasteiger partial charge in [-0.15, -0.1) is 6.58 Å². The molecule has 19 heavy (non-hydrogen) atoms. The van der Waals surface area contributed by atoms with Crippen LogP contribution in [0.15, 0.2) is 47.6 Å². The van der Waals surface area contributed by atoms with Crippen LogP contribution in [0.25, 0.3) is 0 Å². The predicted molar refractivity (Wildman–Crippen MR) is 86.2 cm³/mol. The van der Waals surface area contributed by atoms with Crippen LogP contribution in [0.1, 0.15) is 59.8 Å². The van der Waals surface area contributed by atoms with Crippen molar-refractivity contribution in [3.05, 3.63) is 47.6 Å². The maximum absolute atomic E-state index is 9.63. The van der Waals surface area contributed by atoms with E-state index in [-0.39, 0.29) is 6.10 Å². The minimum Gasteiger partial charge on any atom is -0.389 e. The van der Waals surface area contributed by atoms with Crippen LogP contribution in [0.2, 0.25) is 0 Å². The fourth-order valence-corrected chi connectivity index (χ4v) is 1.89. The number of aliphatic hydroxyl groups is 1. The lowest BCUT2D eigenvalue weighted by Crippen LogP contribution is -2.00. The van der Waals surface area contributed by atoms with E-state index in [0.29, 0.717) is 6.42 Å². The van der Waals surface area contributed by atoms with E-state index in [1.807, 2.05) is 6.08 Å². The Morgan fingerprint density at radius 2 is 1.58 bits per heavy atom. The zero-order chi connectivity index (χ0) is 14.7. The van der Waals surface area contributed by atoms with Crippen LogP contribution in [-0.2, 0) is 0 Å². The molecule has 0 spiro atoms. The van der Waals surface area contributed by atoms with Crippen molar-refractivity contribution in [2.75, 3.05) is 0 Å². The highest BCUT2D eigenvalue weighted by atomic mass is 16.3. The topological polar surface area (TPSA) is 20.2 Å². The van der Waals surface area contributed by atoms with Gasteiger partial charge in [-0.2, -0.15) is 0 Å². The molecular formula is C18H30O. The van der Waals surface area contributed by atoms with Crippen LogP contribution < -0.4 is 0 Å². The van der Waals surface area contributed by atoms with Crippen molar-refractivity contribution in [2.45, 2.75) is 65.9 Å². The van der Waals surface area contributed by atoms with Crippen molar-refractivity contribution in [2.24, 2.45) is 0 Å². The van der Waals surface area contributed by atoms with E-state index in [9.17, 15) is 5.11 Å². The SMILES string of the molecule is C=CC[C@@H](O)/C=C(\C)CC/C=C(\C)CCC=C(C)C. The van der Waals surface area contributed by atoms with E-state index in [1.165, 1.54) is 16.7 Å². The summed E-state index contributed by atoms with van der Waals surface area (Å²) < 4.78 is 0. The van der Waals surface area contributed by atoms with Gasteiger partial charge in [-0.1, -0.05) is 41.0 Å². The van der Waals surface area contributed by atoms with E-state index in [2.05, 4.69) is 46.4 Å². The number of hydrogen-bond donors (Lipinski definition) is 1. The summed E-state index contributed by atoms with van der Waals surface area (Å²) in [5.41, 5.74) is 4.10. The monoisotopic (exact) mass is 262 g/mol. The molecule has 0 heterocycles. The van der Waals surface area contributed by atoms with Gasteiger partial charge in [0.05, 0.1) is 6.10 Å². The first-order chi connectivity index (χ1) is 8.95. The van der Waals surface area contributed by atoms with Crippen LogP contribution in [0.5, 0.6) is 0 Å². The maximum atomic E-state index is 9.63. The summed E-state index contributed by atoms with van der Waals surface area (Å²) >= 11 is 0. The van der Waals surface area contributed by atoms with Crippen LogP contribution in [0, 0.1) is 0 Å². The van der Waals surface area contributed by atoms with E-state index < -0.39 is 0 Å². The zero-order valence-electron chi connectivity index (χ0n) is 13.1. The van der Waals surface area contributed by atoms with Crippen molar-refractivity contribution in [3.8, 4) is 0 Å². The van der Waals surface area contributed by atoms with E-state index in [1.54, 1.807) is 6.08 Å². The van der Waals surface area contributed by atoms with Gasteiger partial charge in [-0.05, 0) is 59.8 Å². The molecule has 0 rings (SSSR count). The van der Waals surface area contributed by atoms with E-state index >= 15 is 0 Å². The van der Waals surface area contributed by atoms with Crippen LogP contribution in [-0.4, -0.2) is 11.2 Å². The summed E-state index contributed by atoms with van der Waals surface area (Å²) in [5.74, 6) is 0. The van der Waals surface area contributed by atoms with Crippen molar-refractivity contribution in [1.29, 1.82) is 0 Å². The second-order valence-electron chi connectivity index (χ2n) is 5.51. The summed E-state index contributed by atoms with van der Waals surface area (Å²) in [6, 6.07) is 0. The average molecular weight is 262 g/mol. The smallest absolute Gasteiger partial charge is 0.0757 e. The molecule has 0 saturated carbocycles. The first-order valence-corrected chi connectivity index (χ1v) is 7.21. The van der Waals surface area contributed by atoms with E-state index in [0.717, 1.165) is 25.7 Å². The van der Waals surface area contributed by atoms with Crippen LogP contribution in [0.4, 0.5) is 0 Å². The molecule has 0 aliphatic rings. The third kappa shape index (κ3) is 11.7. The first kappa shape index (κ1) is 17.9. The van der Waals surface area contributed by atoms with Crippen molar-refractivity contribution in [3.63, 3.8) is 0 Å². The molecule has 0 amide bonds. The Bertz CT molecular complexity index is 341. The zero-order valence-corrected chi connectivity index (χ0v) is 13.1. The van der Waals surface area contributed by atoms with Gasteiger partial charge in [0.25, 0.3) is 0 Å². The molecule has 1 nitrogen and oxygen atoms in total. The van der Waals surface area contributed by atoms with E-state index in [4.69, 9.17) is 0 Å². The lowest BCUT2D eigenvalue weighted by atomic mass is 10.0. The summed E-state index contributed by atoms with van der Waals surface area (Å²) in [5, 5.41) is 9.63. The highest BCUT2D eigenvalue weighted by Crippen LogP contribution is 2.12. The van der Waals surface area contributed by atoms with Crippen LogP contribution in [0.3, 0.4) is 0 Å². The van der Waals surface area contributed by atoms with Gasteiger partial charge in [-0.3, -0.25) is 0 Å². The van der Waals surface area contributed by atoms with Gasteiger partial charge in [0.2, 0.25) is 0 Å². The molecule has 0 aromatic heterocycles. The second kappa shape index (κ2) is 10.8. The molecule has 0 aromatic carbocycles. The second-order valence-corrected chi connectivity index (χ2v) is 5.51. The Hall–Kier alpha value is -1.08. The third-order valence-corrected chi connectivity index (χ3v) is 3.01. The fourth-order valence-electron chi connectivity index (χ4n) is 1.89. The van der Waals surface area contributed by atoms with Gasteiger partial charge < -0.3 is 5.11 Å². The molecule has 0 bridgehead atoms. The third-order valence-electron chi connectivity index (χ3n) is 3.01. The first-order valence-electron chi connectivity index (χ1n) is 7.21. The number of aliphatic hydroxyl groups excluding tert-OH is 1. The molecule has 108 valence electrons. The fraction of sp³-hybridized carbons (Fsp3) is 0.556. The molecule has 1 N–H and O–H groups in total. The van der Waals surface area contributed by atoms with Crippen LogP contribution >= 0.6 is 0 Å². The molecule has 0 fully saturated rings. The minimum atomic E-state index is -0.375. The molecule has 0 aliphatic carbocycles. The number of rotatable bonds is 9. The molecule has 1 heteroatoms. The largest absolute Gasteiger partial charge is 0.389 e. The molecule has 0 radical (unpaired) electrons. The molecule has 0 saturated heterocycles. The van der Waals surface area contributed by atoms with Crippen molar-refractivity contribution in [1.82, 2.24) is 0 Å². The summed E-state index contributed by atoms with van der Waals surface area (Å²) in [6.07, 6.45) is 12.9. The highest BCUT2D eigenvalue weighted by molar-refractivity contribution is 5.07. The number of hydrogen-bond acceptors (Lipinski definition) is 1. The minimum absolute atomic E-state index is 0.375. The molecular weight excluding hydrogens is 232 g/mol.